The number of carboxylic acids is 1. The van der Waals surface area contributed by atoms with Crippen molar-refractivity contribution in [2.75, 3.05) is 13.2 Å². The Hall–Kier alpha value is -3.68. The van der Waals surface area contributed by atoms with Gasteiger partial charge in [0.05, 0.1) is 24.3 Å². The Morgan fingerprint density at radius 2 is 0.978 bits per heavy atom. The van der Waals surface area contributed by atoms with E-state index in [9.17, 15) is 19.2 Å². The largest absolute Gasteiger partial charge is 0.478 e. The zero-order valence-corrected chi connectivity index (χ0v) is 27.4. The van der Waals surface area contributed by atoms with Gasteiger partial charge in [-0.3, -0.25) is 9.59 Å². The molecule has 0 aliphatic rings. The van der Waals surface area contributed by atoms with E-state index in [1.54, 1.807) is 12.1 Å². The number of unbranched alkanes of at least 4 members (excludes halogenated alkanes) is 11. The maximum atomic E-state index is 11.9. The maximum absolute atomic E-state index is 11.9. The number of carbonyl (C=O) groups excluding carboxylic acids is 3. The minimum atomic E-state index is -1.15. The third-order valence-electron chi connectivity index (χ3n) is 7.12. The van der Waals surface area contributed by atoms with E-state index in [0.717, 1.165) is 31.2 Å². The van der Waals surface area contributed by atoms with E-state index >= 15 is 0 Å². The summed E-state index contributed by atoms with van der Waals surface area (Å²) < 4.78 is 15.5. The molecule has 0 unspecified atom stereocenters. The fraction of sp³-hybridized carbons (Fsp3) is 0.568. The summed E-state index contributed by atoms with van der Waals surface area (Å²) >= 11 is 0. The van der Waals surface area contributed by atoms with Crippen LogP contribution in [0.25, 0.3) is 0 Å². The molecule has 45 heavy (non-hydrogen) atoms. The number of hydrogen-bond acceptors (Lipinski definition) is 7. The van der Waals surface area contributed by atoms with Crippen molar-refractivity contribution in [1.29, 1.82) is 0 Å². The SMILES string of the molecule is CCCCCCCCOC(=O)CCCCC(=O)OCCCCCCCC.O=C(O)c1ccccc1C(=O)OCc1ccccc1. The monoisotopic (exact) mass is 626 g/mol. The molecule has 0 heterocycles. The van der Waals surface area contributed by atoms with Gasteiger partial charge in [-0.05, 0) is 43.4 Å². The molecule has 0 saturated carbocycles. The molecule has 0 aliphatic carbocycles. The fourth-order valence-electron chi connectivity index (χ4n) is 4.47. The first-order valence-corrected chi connectivity index (χ1v) is 16.7. The van der Waals surface area contributed by atoms with Crippen molar-refractivity contribution in [2.45, 2.75) is 123 Å². The second-order valence-electron chi connectivity index (χ2n) is 11.1. The normalized spacial score (nSPS) is 10.4. The van der Waals surface area contributed by atoms with Crippen molar-refractivity contribution in [3.63, 3.8) is 0 Å². The summed E-state index contributed by atoms with van der Waals surface area (Å²) in [7, 11) is 0. The highest BCUT2D eigenvalue weighted by atomic mass is 16.5. The van der Waals surface area contributed by atoms with Crippen molar-refractivity contribution in [1.82, 2.24) is 0 Å². The minimum Gasteiger partial charge on any atom is -0.478 e. The Morgan fingerprint density at radius 1 is 0.533 bits per heavy atom. The summed E-state index contributed by atoms with van der Waals surface area (Å²) in [5, 5.41) is 8.99. The van der Waals surface area contributed by atoms with Crippen molar-refractivity contribution >= 4 is 23.9 Å². The Balaban J connectivity index is 0.000000469. The smallest absolute Gasteiger partial charge is 0.339 e. The molecule has 0 aromatic heterocycles. The van der Waals surface area contributed by atoms with Gasteiger partial charge in [0.1, 0.15) is 6.61 Å². The van der Waals surface area contributed by atoms with Gasteiger partial charge in [0.2, 0.25) is 0 Å². The van der Waals surface area contributed by atoms with Crippen LogP contribution in [0.15, 0.2) is 54.6 Å². The molecule has 250 valence electrons. The van der Waals surface area contributed by atoms with E-state index in [1.165, 1.54) is 63.5 Å². The number of hydrogen-bond donors (Lipinski definition) is 1. The number of esters is 3. The Kier molecular flexibility index (Phi) is 23.3. The predicted molar refractivity (Wildman–Crippen MR) is 176 cm³/mol. The molecule has 0 fully saturated rings. The standard InChI is InChI=1S/C22H42O4.C15H12O4/c1-3-5-7-9-11-15-19-25-21(23)17-13-14-18-22(24)26-20-16-12-10-8-6-4-2;16-14(17)12-8-4-5-9-13(12)15(18)19-10-11-6-2-1-3-7-11/h3-20H2,1-2H3;1-9H,10H2,(H,16,17). The van der Waals surface area contributed by atoms with Crippen LogP contribution in [0.3, 0.4) is 0 Å². The molecule has 2 aromatic rings. The molecule has 0 bridgehead atoms. The predicted octanol–water partition coefficient (Wildman–Crippen LogP) is 9.10. The highest BCUT2D eigenvalue weighted by Gasteiger charge is 2.16. The molecule has 0 amide bonds. The molecular weight excluding hydrogens is 572 g/mol. The van der Waals surface area contributed by atoms with Crippen molar-refractivity contribution < 1.29 is 38.5 Å². The zero-order chi connectivity index (χ0) is 33.0. The molecule has 0 atom stereocenters. The van der Waals surface area contributed by atoms with E-state index in [-0.39, 0.29) is 29.7 Å². The molecule has 8 nitrogen and oxygen atoms in total. The second kappa shape index (κ2) is 26.7. The van der Waals surface area contributed by atoms with Crippen molar-refractivity contribution in [2.24, 2.45) is 0 Å². The van der Waals surface area contributed by atoms with Gasteiger partial charge >= 0.3 is 23.9 Å². The summed E-state index contributed by atoms with van der Waals surface area (Å²) in [6.07, 6.45) is 16.5. The lowest BCUT2D eigenvalue weighted by Gasteiger charge is -2.07. The molecule has 0 spiro atoms. The first-order chi connectivity index (χ1) is 21.9. The number of aromatic carboxylic acids is 1. The van der Waals surface area contributed by atoms with E-state index in [1.807, 2.05) is 30.3 Å². The van der Waals surface area contributed by atoms with E-state index in [2.05, 4.69) is 13.8 Å². The third kappa shape index (κ3) is 20.8. The van der Waals surface area contributed by atoms with Gasteiger partial charge in [0.15, 0.2) is 0 Å². The summed E-state index contributed by atoms with van der Waals surface area (Å²) in [6, 6.07) is 15.2. The number of benzene rings is 2. The van der Waals surface area contributed by atoms with Crippen molar-refractivity contribution in [3.05, 3.63) is 71.3 Å². The van der Waals surface area contributed by atoms with Crippen LogP contribution in [0.1, 0.15) is 143 Å². The Labute approximate surface area is 269 Å². The maximum Gasteiger partial charge on any atom is 0.339 e. The van der Waals surface area contributed by atoms with Crippen LogP contribution in [0, 0.1) is 0 Å². The molecule has 2 rings (SSSR count). The lowest BCUT2D eigenvalue weighted by atomic mass is 10.1. The van der Waals surface area contributed by atoms with Crippen LogP contribution < -0.4 is 0 Å². The van der Waals surface area contributed by atoms with E-state index < -0.39 is 11.9 Å². The molecule has 2 aromatic carbocycles. The van der Waals surface area contributed by atoms with Gasteiger partial charge in [-0.25, -0.2) is 9.59 Å². The van der Waals surface area contributed by atoms with Crippen LogP contribution in [0.4, 0.5) is 0 Å². The number of carbonyl (C=O) groups is 4. The molecule has 8 heteroatoms. The molecular formula is C37H54O8. The summed E-state index contributed by atoms with van der Waals surface area (Å²) in [4.78, 5) is 46.1. The quantitative estimate of drug-likeness (QED) is 0.0737. The molecule has 0 aliphatic heterocycles. The highest BCUT2D eigenvalue weighted by Crippen LogP contribution is 2.12. The van der Waals surface area contributed by atoms with Gasteiger partial charge in [-0.15, -0.1) is 0 Å². The lowest BCUT2D eigenvalue weighted by molar-refractivity contribution is -0.146. The first kappa shape index (κ1) is 39.3. The van der Waals surface area contributed by atoms with Gasteiger partial charge < -0.3 is 19.3 Å². The summed E-state index contributed by atoms with van der Waals surface area (Å²) in [6.45, 7) is 5.60. The number of carboxylic acid groups (broad SMARTS) is 1. The van der Waals surface area contributed by atoms with Gasteiger partial charge in [0.25, 0.3) is 0 Å². The first-order valence-electron chi connectivity index (χ1n) is 16.7. The lowest BCUT2D eigenvalue weighted by Crippen LogP contribution is -2.11. The van der Waals surface area contributed by atoms with Crippen LogP contribution in [-0.2, 0) is 30.4 Å². The van der Waals surface area contributed by atoms with Crippen LogP contribution in [0.2, 0.25) is 0 Å². The zero-order valence-electron chi connectivity index (χ0n) is 27.4. The summed E-state index contributed by atoms with van der Waals surface area (Å²) in [5.74, 6) is -2.06. The van der Waals surface area contributed by atoms with Crippen molar-refractivity contribution in [3.8, 4) is 0 Å². The highest BCUT2D eigenvalue weighted by molar-refractivity contribution is 6.02. The molecule has 1 N–H and O–H groups in total. The third-order valence-corrected chi connectivity index (χ3v) is 7.12. The van der Waals surface area contributed by atoms with Crippen LogP contribution in [-0.4, -0.2) is 42.2 Å². The second-order valence-corrected chi connectivity index (χ2v) is 11.1. The molecule has 0 saturated heterocycles. The Morgan fingerprint density at radius 3 is 1.47 bits per heavy atom. The average Bonchev–Trinajstić information content (AvgIpc) is 3.05. The van der Waals surface area contributed by atoms with Gasteiger partial charge in [0, 0.05) is 12.8 Å². The van der Waals surface area contributed by atoms with Gasteiger partial charge in [-0.1, -0.05) is 121 Å². The Bertz CT molecular complexity index is 1050. The number of ether oxygens (including phenoxy) is 3. The van der Waals surface area contributed by atoms with Gasteiger partial charge in [-0.2, -0.15) is 0 Å². The minimum absolute atomic E-state index is 0.0550. The number of rotatable bonds is 23. The van der Waals surface area contributed by atoms with E-state index in [0.29, 0.717) is 38.9 Å². The van der Waals surface area contributed by atoms with E-state index in [4.69, 9.17) is 19.3 Å². The van der Waals surface area contributed by atoms with Crippen LogP contribution >= 0.6 is 0 Å². The summed E-state index contributed by atoms with van der Waals surface area (Å²) in [5.41, 5.74) is 0.857. The fourth-order valence-corrected chi connectivity index (χ4v) is 4.47. The average molecular weight is 627 g/mol. The molecule has 0 radical (unpaired) electrons. The topological polar surface area (TPSA) is 116 Å². The van der Waals surface area contributed by atoms with Crippen LogP contribution in [0.5, 0.6) is 0 Å².